The smallest absolute Gasteiger partial charge is 0.345 e. The van der Waals surface area contributed by atoms with Crippen LogP contribution in [-0.4, -0.2) is 30.9 Å². The summed E-state index contributed by atoms with van der Waals surface area (Å²) in [6.45, 7) is 0. The van der Waals surface area contributed by atoms with Crippen molar-refractivity contribution in [3.8, 4) is 11.3 Å². The monoisotopic (exact) mass is 474 g/mol. The maximum atomic E-state index is 15.3. The number of hydrogen-bond acceptors (Lipinski definition) is 4. The number of alkyl halides is 3. The van der Waals surface area contributed by atoms with Crippen LogP contribution >= 0.6 is 0 Å². The second kappa shape index (κ2) is 7.08. The molecule has 0 spiro atoms. The van der Waals surface area contributed by atoms with Crippen LogP contribution in [0.4, 0.5) is 27.6 Å². The van der Waals surface area contributed by atoms with E-state index in [1.54, 1.807) is 18.2 Å². The molecule has 1 N–H and O–H groups in total. The van der Waals surface area contributed by atoms with Crippen LogP contribution in [0.2, 0.25) is 0 Å². The van der Waals surface area contributed by atoms with Crippen LogP contribution in [-0.2, 0) is 11.1 Å². The number of carbonyl (C=O) groups excluding carboxylic acids is 1. The second-order valence-electron chi connectivity index (χ2n) is 8.49. The Morgan fingerprint density at radius 1 is 1.06 bits per heavy atom. The number of amides is 1. The van der Waals surface area contributed by atoms with Crippen LogP contribution in [0.3, 0.4) is 0 Å². The maximum absolute atomic E-state index is 15.3. The SMILES string of the molecule is O=C1C(C2CC2)[C@@H](c2c(F)cc(-c3cn(C(F)(F)F)nn3)cc2F)N1c1ccc2[nH]cnc2c1. The van der Waals surface area contributed by atoms with Gasteiger partial charge in [0.2, 0.25) is 5.91 Å². The number of fused-ring (bicyclic) bond motifs is 1. The Bertz CT molecular complexity index is 1420. The number of H-pyrrole nitrogens is 1. The first-order valence-electron chi connectivity index (χ1n) is 10.5. The lowest BCUT2D eigenvalue weighted by Crippen LogP contribution is -2.56. The summed E-state index contributed by atoms with van der Waals surface area (Å²) >= 11 is 0. The minimum atomic E-state index is -4.80. The minimum absolute atomic E-state index is 0.0352. The van der Waals surface area contributed by atoms with Gasteiger partial charge in [-0.15, -0.1) is 18.3 Å². The molecular formula is C22H15F5N6O. The Morgan fingerprint density at radius 3 is 2.44 bits per heavy atom. The largest absolute Gasteiger partial charge is 0.505 e. The second-order valence-corrected chi connectivity index (χ2v) is 8.49. The molecule has 0 bridgehead atoms. The van der Waals surface area contributed by atoms with Gasteiger partial charge in [0.1, 0.15) is 17.3 Å². The number of aromatic nitrogens is 5. The van der Waals surface area contributed by atoms with Gasteiger partial charge < -0.3 is 9.88 Å². The molecule has 1 saturated carbocycles. The summed E-state index contributed by atoms with van der Waals surface area (Å²) in [6.07, 6.45) is -1.16. The number of hydrogen-bond donors (Lipinski definition) is 1. The molecule has 2 aromatic carbocycles. The number of benzene rings is 2. The van der Waals surface area contributed by atoms with Gasteiger partial charge in [-0.2, -0.15) is 4.68 Å². The number of aromatic amines is 1. The summed E-state index contributed by atoms with van der Waals surface area (Å²) in [6, 6.07) is 6.03. The number of β-lactam (4-membered cyclic amide) rings is 1. The predicted molar refractivity (Wildman–Crippen MR) is 109 cm³/mol. The summed E-state index contributed by atoms with van der Waals surface area (Å²) in [5, 5.41) is 6.35. The molecule has 2 aliphatic rings. The Hall–Kier alpha value is -3.83. The van der Waals surface area contributed by atoms with Gasteiger partial charge in [-0.1, -0.05) is 5.21 Å². The zero-order chi connectivity index (χ0) is 23.8. The molecule has 0 radical (unpaired) electrons. The molecule has 2 fully saturated rings. The molecule has 174 valence electrons. The molecule has 4 aromatic rings. The molecule has 2 atom stereocenters. The Morgan fingerprint density at radius 2 is 1.79 bits per heavy atom. The summed E-state index contributed by atoms with van der Waals surface area (Å²) in [5.74, 6) is -2.70. The maximum Gasteiger partial charge on any atom is 0.505 e. The van der Waals surface area contributed by atoms with Crippen LogP contribution in [0.15, 0.2) is 42.9 Å². The highest BCUT2D eigenvalue weighted by atomic mass is 19.4. The number of rotatable bonds is 4. The van der Waals surface area contributed by atoms with Gasteiger partial charge in [-0.3, -0.25) is 4.79 Å². The van der Waals surface area contributed by atoms with E-state index in [2.05, 4.69) is 20.3 Å². The molecule has 2 aromatic heterocycles. The molecule has 1 saturated heterocycles. The minimum Gasteiger partial charge on any atom is -0.345 e. The normalized spacial score (nSPS) is 20.7. The van der Waals surface area contributed by atoms with Gasteiger partial charge in [0.15, 0.2) is 0 Å². The van der Waals surface area contributed by atoms with E-state index in [4.69, 9.17) is 0 Å². The Labute approximate surface area is 188 Å². The van der Waals surface area contributed by atoms with Crippen molar-refractivity contribution in [1.82, 2.24) is 25.0 Å². The van der Waals surface area contributed by atoms with Gasteiger partial charge in [-0.05, 0) is 49.1 Å². The average molecular weight is 474 g/mol. The van der Waals surface area contributed by atoms with Crippen molar-refractivity contribution in [2.24, 2.45) is 11.8 Å². The number of carbonyl (C=O) groups is 1. The van der Waals surface area contributed by atoms with Crippen LogP contribution in [0.1, 0.15) is 24.4 Å². The summed E-state index contributed by atoms with van der Waals surface area (Å²) in [5.41, 5.74) is 0.995. The van der Waals surface area contributed by atoms with E-state index in [1.165, 1.54) is 11.2 Å². The number of nitrogens with one attached hydrogen (secondary N) is 1. The van der Waals surface area contributed by atoms with Crippen molar-refractivity contribution in [3.63, 3.8) is 0 Å². The van der Waals surface area contributed by atoms with Crippen molar-refractivity contribution in [3.05, 3.63) is 60.1 Å². The van der Waals surface area contributed by atoms with Crippen LogP contribution in [0.25, 0.3) is 22.3 Å². The fourth-order valence-corrected chi connectivity index (χ4v) is 4.63. The number of anilines is 1. The number of halogens is 5. The standard InChI is InChI=1S/C22H15F5N6O/c23-13-5-11(17-8-32(31-30-17)22(25,26)27)6-14(24)19(13)20-18(10-1-2-10)21(34)33(20)12-3-4-15-16(7-12)29-9-28-15/h3-10,18,20H,1-2H2,(H,28,29)/t18?,20-/m0/s1. The summed E-state index contributed by atoms with van der Waals surface area (Å²) in [7, 11) is 0. The van der Waals surface area contributed by atoms with E-state index in [0.717, 1.165) is 30.5 Å². The molecule has 1 unspecified atom stereocenters. The quantitative estimate of drug-likeness (QED) is 0.344. The summed E-state index contributed by atoms with van der Waals surface area (Å²) < 4.78 is 68.7. The van der Waals surface area contributed by atoms with Gasteiger partial charge in [-0.25, -0.2) is 13.8 Å². The van der Waals surface area contributed by atoms with Crippen molar-refractivity contribution in [2.75, 3.05) is 4.90 Å². The van der Waals surface area contributed by atoms with Crippen molar-refractivity contribution in [1.29, 1.82) is 0 Å². The summed E-state index contributed by atoms with van der Waals surface area (Å²) in [4.78, 5) is 21.5. The first-order chi connectivity index (χ1) is 16.2. The van der Waals surface area contributed by atoms with Gasteiger partial charge in [0.25, 0.3) is 0 Å². The van der Waals surface area contributed by atoms with Crippen LogP contribution < -0.4 is 4.90 Å². The third-order valence-corrected chi connectivity index (χ3v) is 6.38. The Balaban J connectivity index is 1.41. The highest BCUT2D eigenvalue weighted by Crippen LogP contribution is 2.55. The van der Waals surface area contributed by atoms with E-state index >= 15 is 8.78 Å². The number of nitrogens with zero attached hydrogens (tertiary/aromatic N) is 5. The molecule has 12 heteroatoms. The lowest BCUT2D eigenvalue weighted by atomic mass is 9.78. The molecule has 1 aliphatic heterocycles. The molecule has 7 nitrogen and oxygen atoms in total. The first kappa shape index (κ1) is 20.8. The predicted octanol–water partition coefficient (Wildman–Crippen LogP) is 4.69. The van der Waals surface area contributed by atoms with E-state index in [-0.39, 0.29) is 33.3 Å². The zero-order valence-corrected chi connectivity index (χ0v) is 17.2. The third-order valence-electron chi connectivity index (χ3n) is 6.38. The first-order valence-corrected chi connectivity index (χ1v) is 10.5. The zero-order valence-electron chi connectivity index (χ0n) is 17.2. The topological polar surface area (TPSA) is 79.7 Å². The van der Waals surface area contributed by atoms with E-state index in [1.807, 2.05) is 0 Å². The lowest BCUT2D eigenvalue weighted by molar-refractivity contribution is -0.213. The Kier molecular flexibility index (Phi) is 4.32. The average Bonchev–Trinajstić information content (AvgIpc) is 3.26. The molecule has 6 rings (SSSR count). The molecule has 1 aliphatic carbocycles. The van der Waals surface area contributed by atoms with Crippen LogP contribution in [0.5, 0.6) is 0 Å². The van der Waals surface area contributed by atoms with Crippen molar-refractivity contribution < 1.29 is 26.7 Å². The van der Waals surface area contributed by atoms with Gasteiger partial charge in [0, 0.05) is 16.8 Å². The lowest BCUT2D eigenvalue weighted by Gasteiger charge is -2.48. The fourth-order valence-electron chi connectivity index (χ4n) is 4.63. The number of imidazole rings is 1. The van der Waals surface area contributed by atoms with Crippen molar-refractivity contribution in [2.45, 2.75) is 25.2 Å². The molecule has 3 heterocycles. The highest BCUT2D eigenvalue weighted by Gasteiger charge is 2.56. The molecule has 1 amide bonds. The fraction of sp³-hybridized carbons (Fsp3) is 0.273. The van der Waals surface area contributed by atoms with Gasteiger partial charge >= 0.3 is 6.30 Å². The van der Waals surface area contributed by atoms with E-state index < -0.39 is 29.9 Å². The highest BCUT2D eigenvalue weighted by molar-refractivity contribution is 6.04. The third kappa shape index (κ3) is 3.16. The van der Waals surface area contributed by atoms with E-state index in [0.29, 0.717) is 17.4 Å². The van der Waals surface area contributed by atoms with E-state index in [9.17, 15) is 18.0 Å². The molecule has 34 heavy (non-hydrogen) atoms. The van der Waals surface area contributed by atoms with Crippen LogP contribution in [0, 0.1) is 23.5 Å². The van der Waals surface area contributed by atoms with Gasteiger partial charge in [0.05, 0.1) is 35.5 Å². The molecular weight excluding hydrogens is 459 g/mol. The van der Waals surface area contributed by atoms with Crippen molar-refractivity contribution >= 4 is 22.6 Å².